The Labute approximate surface area is 90.0 Å². The standard InChI is InChI=1S/C12H14N2O/c1-2-4-12-10(3-1)11(9-15-12)14-7-5-13-6-8-14/h1-4,11,13H,5-8H2. The summed E-state index contributed by atoms with van der Waals surface area (Å²) in [5, 5.41) is 3.35. The first kappa shape index (κ1) is 9.19. The summed E-state index contributed by atoms with van der Waals surface area (Å²) in [6, 6.07) is 8.42. The van der Waals surface area contributed by atoms with E-state index in [9.17, 15) is 0 Å². The zero-order valence-electron chi connectivity index (χ0n) is 8.57. The highest BCUT2D eigenvalue weighted by Gasteiger charge is 2.31. The van der Waals surface area contributed by atoms with Crippen LogP contribution in [0, 0.1) is 6.61 Å². The lowest BCUT2D eigenvalue weighted by Gasteiger charge is -2.31. The first-order valence-corrected chi connectivity index (χ1v) is 5.41. The van der Waals surface area contributed by atoms with E-state index >= 15 is 0 Å². The van der Waals surface area contributed by atoms with Crippen LogP contribution in [0.25, 0.3) is 0 Å². The van der Waals surface area contributed by atoms with Crippen molar-refractivity contribution in [2.24, 2.45) is 0 Å². The smallest absolute Gasteiger partial charge is 0.219 e. The van der Waals surface area contributed by atoms with Crippen molar-refractivity contribution in [2.45, 2.75) is 6.04 Å². The van der Waals surface area contributed by atoms with Gasteiger partial charge in [0.1, 0.15) is 5.75 Å². The van der Waals surface area contributed by atoms with Crippen molar-refractivity contribution in [2.75, 3.05) is 26.2 Å². The van der Waals surface area contributed by atoms with E-state index in [4.69, 9.17) is 4.74 Å². The Hall–Kier alpha value is -1.06. The maximum Gasteiger partial charge on any atom is 0.219 e. The predicted octanol–water partition coefficient (Wildman–Crippen LogP) is 1.06. The molecule has 15 heavy (non-hydrogen) atoms. The second-order valence-corrected chi connectivity index (χ2v) is 3.95. The fourth-order valence-corrected chi connectivity index (χ4v) is 2.19. The Balaban J connectivity index is 1.83. The molecule has 78 valence electrons. The van der Waals surface area contributed by atoms with Crippen LogP contribution in [0.4, 0.5) is 0 Å². The van der Waals surface area contributed by atoms with E-state index in [-0.39, 0.29) is 6.04 Å². The number of ether oxygens (including phenoxy) is 1. The molecule has 2 heterocycles. The average molecular weight is 202 g/mol. The molecule has 1 aromatic rings. The fourth-order valence-electron chi connectivity index (χ4n) is 2.19. The molecule has 0 bridgehead atoms. The van der Waals surface area contributed by atoms with Gasteiger partial charge in [0, 0.05) is 31.7 Å². The molecular formula is C12H14N2O. The van der Waals surface area contributed by atoms with Gasteiger partial charge in [0.25, 0.3) is 0 Å². The van der Waals surface area contributed by atoms with Crippen LogP contribution in [-0.2, 0) is 0 Å². The molecule has 0 aromatic heterocycles. The summed E-state index contributed by atoms with van der Waals surface area (Å²) in [5.41, 5.74) is 1.25. The summed E-state index contributed by atoms with van der Waals surface area (Å²) in [7, 11) is 0. The quantitative estimate of drug-likeness (QED) is 0.737. The Morgan fingerprint density at radius 3 is 2.93 bits per heavy atom. The topological polar surface area (TPSA) is 24.5 Å². The SMILES string of the molecule is [C]1Oc2ccccc2C1N1CCNCC1. The Bertz CT molecular complexity index is 347. The molecule has 3 rings (SSSR count). The van der Waals surface area contributed by atoms with Crippen LogP contribution in [0.5, 0.6) is 5.75 Å². The summed E-state index contributed by atoms with van der Waals surface area (Å²) in [4.78, 5) is 2.41. The maximum atomic E-state index is 5.45. The first-order chi connectivity index (χ1) is 7.45. The molecular weight excluding hydrogens is 188 g/mol. The molecule has 1 N–H and O–H groups in total. The van der Waals surface area contributed by atoms with Gasteiger partial charge in [0.05, 0.1) is 6.04 Å². The second-order valence-electron chi connectivity index (χ2n) is 3.95. The Morgan fingerprint density at radius 1 is 1.27 bits per heavy atom. The van der Waals surface area contributed by atoms with Gasteiger partial charge in [-0.2, -0.15) is 0 Å². The lowest BCUT2D eigenvalue weighted by molar-refractivity contribution is 0.177. The summed E-state index contributed by atoms with van der Waals surface area (Å²) >= 11 is 0. The van der Waals surface area contributed by atoms with Crippen molar-refractivity contribution in [1.29, 1.82) is 0 Å². The van der Waals surface area contributed by atoms with Crippen molar-refractivity contribution in [3.8, 4) is 5.75 Å². The summed E-state index contributed by atoms with van der Waals surface area (Å²) in [5.74, 6) is 0.959. The van der Waals surface area contributed by atoms with E-state index in [0.29, 0.717) is 0 Å². The molecule has 2 aliphatic heterocycles. The maximum absolute atomic E-state index is 5.45. The number of fused-ring (bicyclic) bond motifs is 1. The van der Waals surface area contributed by atoms with Gasteiger partial charge in [0.15, 0.2) is 0 Å². The van der Waals surface area contributed by atoms with E-state index in [2.05, 4.69) is 29.0 Å². The van der Waals surface area contributed by atoms with Crippen LogP contribution in [-0.4, -0.2) is 31.1 Å². The van der Waals surface area contributed by atoms with Crippen LogP contribution in [0.1, 0.15) is 11.6 Å². The molecule has 2 radical (unpaired) electrons. The molecule has 1 unspecified atom stereocenters. The highest BCUT2D eigenvalue weighted by Crippen LogP contribution is 2.38. The lowest BCUT2D eigenvalue weighted by atomic mass is 10.1. The number of rotatable bonds is 1. The fraction of sp³-hybridized carbons (Fsp3) is 0.417. The highest BCUT2D eigenvalue weighted by molar-refractivity contribution is 5.41. The molecule has 3 nitrogen and oxygen atoms in total. The van der Waals surface area contributed by atoms with Gasteiger partial charge in [0.2, 0.25) is 6.61 Å². The number of piperazine rings is 1. The normalized spacial score (nSPS) is 26.0. The number of hydrogen-bond donors (Lipinski definition) is 1. The van der Waals surface area contributed by atoms with Crippen molar-refractivity contribution in [3.05, 3.63) is 36.4 Å². The minimum absolute atomic E-state index is 0.225. The van der Waals surface area contributed by atoms with Crippen LogP contribution < -0.4 is 10.1 Å². The summed E-state index contributed by atoms with van der Waals surface area (Å²) in [6.07, 6.45) is 0. The largest absolute Gasteiger partial charge is 0.476 e. The molecule has 1 fully saturated rings. The molecule has 2 aliphatic rings. The van der Waals surface area contributed by atoms with Crippen molar-refractivity contribution in [1.82, 2.24) is 10.2 Å². The predicted molar refractivity (Wildman–Crippen MR) is 57.5 cm³/mol. The van der Waals surface area contributed by atoms with Crippen molar-refractivity contribution < 1.29 is 4.74 Å². The van der Waals surface area contributed by atoms with Gasteiger partial charge >= 0.3 is 0 Å². The van der Waals surface area contributed by atoms with Gasteiger partial charge in [-0.25, -0.2) is 0 Å². The first-order valence-electron chi connectivity index (χ1n) is 5.41. The molecule has 0 spiro atoms. The number of para-hydroxylation sites is 1. The van der Waals surface area contributed by atoms with E-state index in [1.165, 1.54) is 5.56 Å². The third-order valence-electron chi connectivity index (χ3n) is 3.01. The third-order valence-corrected chi connectivity index (χ3v) is 3.01. The van der Waals surface area contributed by atoms with Gasteiger partial charge in [-0.15, -0.1) is 0 Å². The molecule has 0 amide bonds. The van der Waals surface area contributed by atoms with Gasteiger partial charge in [-0.3, -0.25) is 4.90 Å². The molecule has 0 aliphatic carbocycles. The third kappa shape index (κ3) is 1.62. The zero-order valence-corrected chi connectivity index (χ0v) is 8.57. The molecule has 3 heteroatoms. The molecule has 1 aromatic carbocycles. The summed E-state index contributed by atoms with van der Waals surface area (Å²) < 4.78 is 5.45. The Morgan fingerprint density at radius 2 is 2.07 bits per heavy atom. The lowest BCUT2D eigenvalue weighted by Crippen LogP contribution is -2.44. The number of benzene rings is 1. The van der Waals surface area contributed by atoms with Gasteiger partial charge in [-0.05, 0) is 6.07 Å². The Kier molecular flexibility index (Phi) is 2.35. The molecule has 1 atom stereocenters. The molecule has 0 saturated carbocycles. The monoisotopic (exact) mass is 202 g/mol. The van der Waals surface area contributed by atoms with E-state index in [1.807, 2.05) is 12.1 Å². The van der Waals surface area contributed by atoms with Crippen LogP contribution in [0.15, 0.2) is 24.3 Å². The minimum atomic E-state index is 0.225. The van der Waals surface area contributed by atoms with Crippen LogP contribution in [0.3, 0.4) is 0 Å². The zero-order chi connectivity index (χ0) is 10.1. The summed E-state index contributed by atoms with van der Waals surface area (Å²) in [6.45, 7) is 7.33. The second kappa shape index (κ2) is 3.83. The molecule has 1 saturated heterocycles. The van der Waals surface area contributed by atoms with E-state index in [0.717, 1.165) is 31.9 Å². The average Bonchev–Trinajstić information content (AvgIpc) is 2.74. The number of nitrogens with zero attached hydrogens (tertiary/aromatic N) is 1. The van der Waals surface area contributed by atoms with Crippen molar-refractivity contribution in [3.63, 3.8) is 0 Å². The van der Waals surface area contributed by atoms with E-state index < -0.39 is 0 Å². The van der Waals surface area contributed by atoms with Gasteiger partial charge in [-0.1, -0.05) is 18.2 Å². The van der Waals surface area contributed by atoms with Crippen LogP contribution >= 0.6 is 0 Å². The van der Waals surface area contributed by atoms with Gasteiger partial charge < -0.3 is 10.1 Å². The van der Waals surface area contributed by atoms with E-state index in [1.54, 1.807) is 0 Å². The van der Waals surface area contributed by atoms with Crippen LogP contribution in [0.2, 0.25) is 0 Å². The van der Waals surface area contributed by atoms with Crippen molar-refractivity contribution >= 4 is 0 Å². The number of hydrogen-bond acceptors (Lipinski definition) is 3. The minimum Gasteiger partial charge on any atom is -0.476 e. The highest BCUT2D eigenvalue weighted by atomic mass is 16.5. The number of nitrogens with one attached hydrogen (secondary N) is 1.